The summed E-state index contributed by atoms with van der Waals surface area (Å²) in [5.74, 6) is 0.0109. The highest BCUT2D eigenvalue weighted by Gasteiger charge is 2.39. The van der Waals surface area contributed by atoms with Crippen LogP contribution in [0.25, 0.3) is 0 Å². The Morgan fingerprint density at radius 3 is 2.31 bits per heavy atom. The van der Waals surface area contributed by atoms with Gasteiger partial charge in [-0.15, -0.1) is 5.10 Å². The van der Waals surface area contributed by atoms with E-state index in [1.165, 1.54) is 11.8 Å². The molecule has 4 nitrogen and oxygen atoms in total. The molecule has 1 heterocycles. The van der Waals surface area contributed by atoms with Crippen LogP contribution in [-0.4, -0.2) is 22.5 Å². The summed E-state index contributed by atoms with van der Waals surface area (Å²) in [4.78, 5) is 14.8. The highest BCUT2D eigenvalue weighted by atomic mass is 35.5. The van der Waals surface area contributed by atoms with Gasteiger partial charge in [-0.1, -0.05) is 90.1 Å². The average Bonchev–Trinajstić information content (AvgIpc) is 3.06. The number of carbonyl (C=O) groups excluding carboxylic acids is 1. The number of amides is 1. The molecule has 0 aliphatic carbocycles. The summed E-state index contributed by atoms with van der Waals surface area (Å²) in [6, 6.07) is 27.0. The van der Waals surface area contributed by atoms with Crippen LogP contribution in [0.15, 0.2) is 95.1 Å². The Balaban J connectivity index is 1.62. The number of benzene rings is 3. The molecule has 1 unspecified atom stereocenters. The van der Waals surface area contributed by atoms with Crippen molar-refractivity contribution in [2.45, 2.75) is 11.7 Å². The lowest BCUT2D eigenvalue weighted by molar-refractivity contribution is -0.116. The van der Waals surface area contributed by atoms with Gasteiger partial charge >= 0.3 is 0 Å². The Hall–Kier alpha value is -2.89. The van der Waals surface area contributed by atoms with E-state index in [2.05, 4.69) is 10.2 Å². The zero-order valence-corrected chi connectivity index (χ0v) is 17.1. The third kappa shape index (κ3) is 4.58. The van der Waals surface area contributed by atoms with Crippen LogP contribution in [0.3, 0.4) is 0 Å². The third-order valence-electron chi connectivity index (χ3n) is 4.46. The fourth-order valence-corrected chi connectivity index (χ4v) is 4.35. The molecule has 3 aromatic carbocycles. The summed E-state index contributed by atoms with van der Waals surface area (Å²) in [5.41, 5.74) is 2.68. The molecule has 0 saturated carbocycles. The maximum absolute atomic E-state index is 13.2. The molecule has 1 aliphatic heterocycles. The summed E-state index contributed by atoms with van der Waals surface area (Å²) in [6.45, 7) is 0. The SMILES string of the molecule is O=C1C(Cc2ccccc2)S/C(=N\N=C/c2ccccc2Cl)N1c1ccccc1. The molecule has 6 heteroatoms. The molecule has 1 aliphatic rings. The molecule has 1 amide bonds. The second-order valence-electron chi connectivity index (χ2n) is 6.45. The van der Waals surface area contributed by atoms with Crippen molar-refractivity contribution in [2.24, 2.45) is 10.2 Å². The quantitative estimate of drug-likeness (QED) is 0.409. The van der Waals surface area contributed by atoms with E-state index in [1.807, 2.05) is 78.9 Å². The fourth-order valence-electron chi connectivity index (χ4n) is 3.03. The van der Waals surface area contributed by atoms with E-state index in [1.54, 1.807) is 17.2 Å². The van der Waals surface area contributed by atoms with E-state index in [9.17, 15) is 4.79 Å². The maximum Gasteiger partial charge on any atom is 0.247 e. The van der Waals surface area contributed by atoms with Crippen molar-refractivity contribution in [2.75, 3.05) is 4.90 Å². The Morgan fingerprint density at radius 1 is 0.931 bits per heavy atom. The van der Waals surface area contributed by atoms with Gasteiger partial charge in [0.2, 0.25) is 5.91 Å². The van der Waals surface area contributed by atoms with Crippen molar-refractivity contribution in [3.05, 3.63) is 101 Å². The second-order valence-corrected chi connectivity index (χ2v) is 8.03. The minimum absolute atomic E-state index is 0.0109. The number of carbonyl (C=O) groups is 1. The van der Waals surface area contributed by atoms with Gasteiger partial charge in [-0.05, 0) is 30.2 Å². The van der Waals surface area contributed by atoms with Crippen LogP contribution < -0.4 is 4.90 Å². The maximum atomic E-state index is 13.2. The highest BCUT2D eigenvalue weighted by molar-refractivity contribution is 8.16. The van der Waals surface area contributed by atoms with Crippen LogP contribution >= 0.6 is 23.4 Å². The molecule has 1 atom stereocenters. The zero-order chi connectivity index (χ0) is 20.1. The standard InChI is InChI=1S/C23H18ClN3OS/c24-20-14-8-7-11-18(20)16-25-26-23-27(19-12-5-2-6-13-19)22(28)21(29-23)15-17-9-3-1-4-10-17/h1-14,16,21H,15H2/b25-16-,26-23-. The smallest absolute Gasteiger partial charge is 0.247 e. The molecular formula is C23H18ClN3OS. The minimum Gasteiger partial charge on any atom is -0.273 e. The van der Waals surface area contributed by atoms with Crippen LogP contribution in [-0.2, 0) is 11.2 Å². The van der Waals surface area contributed by atoms with Gasteiger partial charge in [0.15, 0.2) is 5.17 Å². The number of rotatable bonds is 5. The summed E-state index contributed by atoms with van der Waals surface area (Å²) in [6.07, 6.45) is 2.25. The Morgan fingerprint density at radius 2 is 1.59 bits per heavy atom. The summed E-state index contributed by atoms with van der Waals surface area (Å²) in [5, 5.41) is 9.48. The number of hydrogen-bond acceptors (Lipinski definition) is 4. The van der Waals surface area contributed by atoms with Crippen molar-refractivity contribution >= 4 is 46.3 Å². The predicted molar refractivity (Wildman–Crippen MR) is 122 cm³/mol. The van der Waals surface area contributed by atoms with Gasteiger partial charge < -0.3 is 0 Å². The van der Waals surface area contributed by atoms with E-state index in [4.69, 9.17) is 11.6 Å². The summed E-state index contributed by atoms with van der Waals surface area (Å²) in [7, 11) is 0. The Bertz CT molecular complexity index is 1050. The summed E-state index contributed by atoms with van der Waals surface area (Å²) < 4.78 is 0. The molecule has 0 spiro atoms. The number of halogens is 1. The Kier molecular flexibility index (Phi) is 6.08. The molecule has 0 radical (unpaired) electrons. The van der Waals surface area contributed by atoms with Crippen LogP contribution in [0.4, 0.5) is 5.69 Å². The van der Waals surface area contributed by atoms with Gasteiger partial charge in [0.1, 0.15) is 0 Å². The van der Waals surface area contributed by atoms with Gasteiger partial charge in [0.25, 0.3) is 0 Å². The molecule has 144 valence electrons. The van der Waals surface area contributed by atoms with E-state index in [0.29, 0.717) is 16.6 Å². The number of amidine groups is 1. The molecule has 29 heavy (non-hydrogen) atoms. The average molecular weight is 420 g/mol. The molecule has 4 rings (SSSR count). The Labute approximate surface area is 178 Å². The lowest BCUT2D eigenvalue weighted by Gasteiger charge is -2.15. The summed E-state index contributed by atoms with van der Waals surface area (Å²) >= 11 is 7.61. The first-order chi connectivity index (χ1) is 14.2. The third-order valence-corrected chi connectivity index (χ3v) is 5.93. The second kappa shape index (κ2) is 9.07. The van der Waals surface area contributed by atoms with Crippen LogP contribution in [0, 0.1) is 0 Å². The van der Waals surface area contributed by atoms with E-state index in [-0.39, 0.29) is 11.2 Å². The monoisotopic (exact) mass is 419 g/mol. The van der Waals surface area contributed by atoms with E-state index >= 15 is 0 Å². The first kappa shape index (κ1) is 19.4. The van der Waals surface area contributed by atoms with Gasteiger partial charge in [-0.2, -0.15) is 5.10 Å². The first-order valence-electron chi connectivity index (χ1n) is 9.17. The molecule has 1 fully saturated rings. The van der Waals surface area contributed by atoms with Crippen LogP contribution in [0.5, 0.6) is 0 Å². The van der Waals surface area contributed by atoms with Crippen molar-refractivity contribution in [1.29, 1.82) is 0 Å². The molecule has 3 aromatic rings. The molecule has 0 bridgehead atoms. The number of hydrogen-bond donors (Lipinski definition) is 0. The molecule has 1 saturated heterocycles. The van der Waals surface area contributed by atoms with E-state index in [0.717, 1.165) is 16.8 Å². The van der Waals surface area contributed by atoms with Gasteiger partial charge in [-0.25, -0.2) is 0 Å². The lowest BCUT2D eigenvalue weighted by Crippen LogP contribution is -2.32. The van der Waals surface area contributed by atoms with Gasteiger partial charge in [-0.3, -0.25) is 9.69 Å². The topological polar surface area (TPSA) is 45.0 Å². The zero-order valence-electron chi connectivity index (χ0n) is 15.5. The minimum atomic E-state index is -0.244. The first-order valence-corrected chi connectivity index (χ1v) is 10.4. The largest absolute Gasteiger partial charge is 0.273 e. The van der Waals surface area contributed by atoms with Crippen LogP contribution in [0.2, 0.25) is 5.02 Å². The number of anilines is 1. The van der Waals surface area contributed by atoms with Crippen LogP contribution in [0.1, 0.15) is 11.1 Å². The number of thioether (sulfide) groups is 1. The molecule has 0 aromatic heterocycles. The van der Waals surface area contributed by atoms with Crippen molar-refractivity contribution in [3.8, 4) is 0 Å². The van der Waals surface area contributed by atoms with Crippen molar-refractivity contribution in [1.82, 2.24) is 0 Å². The molecular weight excluding hydrogens is 402 g/mol. The van der Waals surface area contributed by atoms with Gasteiger partial charge in [0, 0.05) is 10.6 Å². The number of para-hydroxylation sites is 1. The van der Waals surface area contributed by atoms with Crippen molar-refractivity contribution < 1.29 is 4.79 Å². The lowest BCUT2D eigenvalue weighted by atomic mass is 10.1. The normalized spacial score (nSPS) is 18.1. The fraction of sp³-hybridized carbons (Fsp3) is 0.0870. The molecule has 0 N–H and O–H groups in total. The van der Waals surface area contributed by atoms with Crippen molar-refractivity contribution in [3.63, 3.8) is 0 Å². The number of nitrogens with zero attached hydrogens (tertiary/aromatic N) is 3. The van der Waals surface area contributed by atoms with Gasteiger partial charge in [0.05, 0.1) is 17.2 Å². The van der Waals surface area contributed by atoms with E-state index < -0.39 is 0 Å². The predicted octanol–water partition coefficient (Wildman–Crippen LogP) is 5.42. The highest BCUT2D eigenvalue weighted by Crippen LogP contribution is 2.33.